The van der Waals surface area contributed by atoms with Crippen molar-refractivity contribution in [1.82, 2.24) is 0 Å². The van der Waals surface area contributed by atoms with E-state index in [2.05, 4.69) is 46.3 Å². The van der Waals surface area contributed by atoms with Crippen LogP contribution in [0.5, 0.6) is 0 Å². The predicted molar refractivity (Wildman–Crippen MR) is 166 cm³/mol. The molecule has 0 fully saturated rings. The molecule has 0 unspecified atom stereocenters. The highest BCUT2D eigenvalue weighted by atomic mass is 28.3. The van der Waals surface area contributed by atoms with Gasteiger partial charge in [-0.3, -0.25) is 9.78 Å². The number of rotatable bonds is 18. The lowest BCUT2D eigenvalue weighted by molar-refractivity contribution is -0.363. The highest BCUT2D eigenvalue weighted by Crippen LogP contribution is 2.20. The Morgan fingerprint density at radius 3 is 1.38 bits per heavy atom. The van der Waals surface area contributed by atoms with Crippen LogP contribution in [-0.2, 0) is 19.6 Å². The van der Waals surface area contributed by atoms with E-state index in [0.29, 0.717) is 17.5 Å². The summed E-state index contributed by atoms with van der Waals surface area (Å²) in [5, 5.41) is 2.31. The summed E-state index contributed by atoms with van der Waals surface area (Å²) in [6, 6.07) is 14.4. The lowest BCUT2D eigenvalue weighted by atomic mass is 10.1. The smallest absolute Gasteiger partial charge is 0.289 e. The fraction of sp³-hybridized carbons (Fsp3) is 0.375. The van der Waals surface area contributed by atoms with Gasteiger partial charge in [-0.15, -0.1) is 22.9 Å². The topological polar surface area (TPSA) is 71.1 Å². The second kappa shape index (κ2) is 16.5. The molecule has 0 aromatic heterocycles. The molecule has 0 heterocycles. The Hall–Kier alpha value is -2.79. The quantitative estimate of drug-likeness (QED) is 0.0798. The van der Waals surface area contributed by atoms with E-state index >= 15 is 0 Å². The molecular weight excluding hydrogens is 537 g/mol. The van der Waals surface area contributed by atoms with Gasteiger partial charge in [0.25, 0.3) is 0 Å². The molecule has 0 bridgehead atoms. The lowest BCUT2D eigenvalue weighted by Crippen LogP contribution is -2.39. The Kier molecular flexibility index (Phi) is 13.8. The van der Waals surface area contributed by atoms with Crippen molar-refractivity contribution in [3.05, 3.63) is 97.4 Å². The Labute approximate surface area is 242 Å². The zero-order chi connectivity index (χ0) is 29.6. The summed E-state index contributed by atoms with van der Waals surface area (Å²) in [4.78, 5) is 45.8. The van der Waals surface area contributed by atoms with Crippen LogP contribution in [0.1, 0.15) is 72.1 Å². The molecule has 216 valence electrons. The SMILES string of the molecule is [CH2]CCCCCCCC[C](OOC(=O)c1ccc([Si](C)(C)C=C)cc1)OOC(=O)c1ccc([Si](C)(C)C=C)cc1. The molecule has 0 atom stereocenters. The van der Waals surface area contributed by atoms with Gasteiger partial charge in [0.05, 0.1) is 11.1 Å². The molecule has 40 heavy (non-hydrogen) atoms. The standard InChI is InChI=1S/C32H44O6Si2/c1-8-11-12-13-14-15-16-17-30(35-37-31(33)26-18-22-28(23-19-26)39(4,5)9-2)36-38-32(34)27-20-24-29(25-21-27)40(6,7)10-3/h9-10,18-25H,1-3,8,11-17H2,4-7H3. The molecule has 6 nitrogen and oxygen atoms in total. The number of benzene rings is 2. The molecular formula is C32H44O6Si2. The summed E-state index contributed by atoms with van der Waals surface area (Å²) in [5.74, 6) is -1.34. The van der Waals surface area contributed by atoms with Crippen molar-refractivity contribution < 1.29 is 29.1 Å². The maximum atomic E-state index is 12.6. The number of unbranched alkanes of at least 4 members (excludes halogenated alkanes) is 6. The average molecular weight is 581 g/mol. The molecule has 0 spiro atoms. The highest BCUT2D eigenvalue weighted by Gasteiger charge is 2.24. The second-order valence-electron chi connectivity index (χ2n) is 11.0. The number of carbonyl (C=O) groups is 2. The summed E-state index contributed by atoms with van der Waals surface area (Å²) in [6.45, 7) is 20.4. The summed E-state index contributed by atoms with van der Waals surface area (Å²) >= 11 is 0. The molecule has 0 aliphatic rings. The molecule has 0 aliphatic heterocycles. The first-order valence-electron chi connectivity index (χ1n) is 13.9. The first-order chi connectivity index (χ1) is 19.0. The van der Waals surface area contributed by atoms with Gasteiger partial charge in [-0.05, 0) is 30.7 Å². The zero-order valence-corrected chi connectivity index (χ0v) is 26.5. The van der Waals surface area contributed by atoms with E-state index in [9.17, 15) is 9.59 Å². The third-order valence-electron chi connectivity index (χ3n) is 7.05. The summed E-state index contributed by atoms with van der Waals surface area (Å²) in [7, 11) is -3.48. The Balaban J connectivity index is 1.97. The van der Waals surface area contributed by atoms with Crippen LogP contribution < -0.4 is 10.4 Å². The number of hydrogen-bond acceptors (Lipinski definition) is 6. The molecule has 2 rings (SSSR count). The van der Waals surface area contributed by atoms with Crippen LogP contribution in [0.25, 0.3) is 0 Å². The molecule has 0 amide bonds. The normalized spacial score (nSPS) is 11.8. The molecule has 0 saturated carbocycles. The average Bonchev–Trinajstić information content (AvgIpc) is 2.97. The van der Waals surface area contributed by atoms with Crippen molar-refractivity contribution in [1.29, 1.82) is 0 Å². The summed E-state index contributed by atoms with van der Waals surface area (Å²) in [6.07, 6.45) is 7.28. The van der Waals surface area contributed by atoms with Crippen LogP contribution in [-0.4, -0.2) is 28.1 Å². The fourth-order valence-corrected chi connectivity index (χ4v) is 6.35. The third kappa shape index (κ3) is 10.6. The minimum absolute atomic E-state index is 0.0897. The molecule has 0 saturated heterocycles. The minimum atomic E-state index is -1.74. The van der Waals surface area contributed by atoms with E-state index in [0.717, 1.165) is 55.3 Å². The van der Waals surface area contributed by atoms with E-state index in [1.807, 2.05) is 35.7 Å². The van der Waals surface area contributed by atoms with Gasteiger partial charge in [0, 0.05) is 6.42 Å². The lowest BCUT2D eigenvalue weighted by Gasteiger charge is -2.18. The molecule has 2 radical (unpaired) electrons. The van der Waals surface area contributed by atoms with Crippen molar-refractivity contribution in [3.8, 4) is 0 Å². The molecule has 0 N–H and O–H groups in total. The van der Waals surface area contributed by atoms with Gasteiger partial charge in [0.15, 0.2) is 0 Å². The van der Waals surface area contributed by atoms with Gasteiger partial charge in [-0.2, -0.15) is 0 Å². The maximum absolute atomic E-state index is 12.6. The van der Waals surface area contributed by atoms with E-state index in [4.69, 9.17) is 19.6 Å². The van der Waals surface area contributed by atoms with Gasteiger partial charge in [0.2, 0.25) is 0 Å². The predicted octanol–water partition coefficient (Wildman–Crippen LogP) is 7.29. The summed E-state index contributed by atoms with van der Waals surface area (Å²) < 4.78 is 0. The van der Waals surface area contributed by atoms with Crippen LogP contribution in [0.2, 0.25) is 26.2 Å². The highest BCUT2D eigenvalue weighted by molar-refractivity contribution is 6.94. The van der Waals surface area contributed by atoms with Gasteiger partial charge >= 0.3 is 18.2 Å². The zero-order valence-electron chi connectivity index (χ0n) is 24.5. The molecule has 0 aliphatic carbocycles. The number of carbonyl (C=O) groups excluding carboxylic acids is 2. The van der Waals surface area contributed by atoms with Gasteiger partial charge in [0.1, 0.15) is 16.1 Å². The van der Waals surface area contributed by atoms with Crippen molar-refractivity contribution in [3.63, 3.8) is 0 Å². The van der Waals surface area contributed by atoms with Crippen LogP contribution in [0.3, 0.4) is 0 Å². The largest absolute Gasteiger partial charge is 0.373 e. The molecule has 8 heteroatoms. The van der Waals surface area contributed by atoms with Crippen LogP contribution >= 0.6 is 0 Å². The number of hydrogen-bond donors (Lipinski definition) is 0. The first kappa shape index (κ1) is 33.4. The van der Waals surface area contributed by atoms with E-state index < -0.39 is 28.1 Å². The van der Waals surface area contributed by atoms with Crippen molar-refractivity contribution in [2.24, 2.45) is 0 Å². The van der Waals surface area contributed by atoms with Gasteiger partial charge in [-0.1, -0.05) is 118 Å². The van der Waals surface area contributed by atoms with Gasteiger partial charge < -0.3 is 0 Å². The van der Waals surface area contributed by atoms with Gasteiger partial charge in [-0.25, -0.2) is 9.59 Å². The molecule has 2 aromatic rings. The van der Waals surface area contributed by atoms with Crippen LogP contribution in [0.4, 0.5) is 0 Å². The Morgan fingerprint density at radius 1 is 0.625 bits per heavy atom. The first-order valence-corrected chi connectivity index (χ1v) is 20.1. The summed E-state index contributed by atoms with van der Waals surface area (Å²) in [5.41, 5.74) is 4.65. The fourth-order valence-electron chi connectivity index (χ4n) is 3.82. The van der Waals surface area contributed by atoms with Crippen molar-refractivity contribution >= 4 is 38.5 Å². The van der Waals surface area contributed by atoms with Crippen LogP contribution in [0.15, 0.2) is 73.1 Å². The minimum Gasteiger partial charge on any atom is -0.289 e. The van der Waals surface area contributed by atoms with Crippen molar-refractivity contribution in [2.75, 3.05) is 0 Å². The van der Waals surface area contributed by atoms with Crippen LogP contribution in [0, 0.1) is 13.2 Å². The Morgan fingerprint density at radius 2 is 1.00 bits per heavy atom. The second-order valence-corrected chi connectivity index (χ2v) is 19.9. The van der Waals surface area contributed by atoms with E-state index in [1.165, 1.54) is 0 Å². The van der Waals surface area contributed by atoms with E-state index in [-0.39, 0.29) is 6.29 Å². The van der Waals surface area contributed by atoms with E-state index in [1.54, 1.807) is 24.3 Å². The monoisotopic (exact) mass is 580 g/mol. The van der Waals surface area contributed by atoms with Crippen molar-refractivity contribution in [2.45, 2.75) is 77.6 Å². The third-order valence-corrected chi connectivity index (χ3v) is 12.7. The maximum Gasteiger partial charge on any atom is 0.373 e. The molecule has 2 aromatic carbocycles. The Bertz CT molecular complexity index is 1010.